The number of ketones is 1. The number of fused-ring (bicyclic) bond motifs is 1. The molecule has 170 valence electrons. The summed E-state index contributed by atoms with van der Waals surface area (Å²) in [6, 6.07) is 2.60. The van der Waals surface area contributed by atoms with E-state index in [1.165, 1.54) is 25.4 Å². The standard InChI is InChI=1S/C20H21Cl2F2NO6/c1-11(21)13(14(22)10-25-27-2)9-15(26)12-3-4-16(29-19(23)24)18-17(12)30-20(31-18)5-7-28-8-6-20/h3-4,10,19,25H,5-9H2,1-2H3/b13-11+,14-10+. The molecule has 2 aliphatic rings. The lowest BCUT2D eigenvalue weighted by Crippen LogP contribution is -2.44. The van der Waals surface area contributed by atoms with Crippen molar-refractivity contribution in [1.82, 2.24) is 5.48 Å². The number of benzene rings is 1. The molecule has 0 aromatic heterocycles. The van der Waals surface area contributed by atoms with Crippen LogP contribution in [0.5, 0.6) is 17.2 Å². The molecule has 31 heavy (non-hydrogen) atoms. The number of nitrogens with one attached hydrogen (secondary N) is 1. The normalized spacial score (nSPS) is 18.2. The molecule has 7 nitrogen and oxygen atoms in total. The SMILES string of the molecule is CON/C=C(Cl)\C(CC(=O)c1ccc(OC(F)F)c2c1OC1(CCOCC1)O2)=C(/C)Cl. The molecule has 2 aliphatic heterocycles. The van der Waals surface area contributed by atoms with E-state index in [-0.39, 0.29) is 34.3 Å². The lowest BCUT2D eigenvalue weighted by molar-refractivity contribution is -0.145. The summed E-state index contributed by atoms with van der Waals surface area (Å²) < 4.78 is 47.5. The van der Waals surface area contributed by atoms with Crippen LogP contribution < -0.4 is 19.7 Å². The lowest BCUT2D eigenvalue weighted by atomic mass is 10.0. The van der Waals surface area contributed by atoms with E-state index in [2.05, 4.69) is 10.2 Å². The van der Waals surface area contributed by atoms with Crippen molar-refractivity contribution >= 4 is 29.0 Å². The van der Waals surface area contributed by atoms with Crippen LogP contribution in [-0.4, -0.2) is 38.5 Å². The Labute approximate surface area is 187 Å². The maximum absolute atomic E-state index is 13.1. The molecular weight excluding hydrogens is 459 g/mol. The van der Waals surface area contributed by atoms with Crippen LogP contribution in [0.15, 0.2) is 34.0 Å². The van der Waals surface area contributed by atoms with Gasteiger partial charge in [-0.05, 0) is 24.6 Å². The number of alkyl halides is 2. The minimum atomic E-state index is -3.06. The predicted octanol–water partition coefficient (Wildman–Crippen LogP) is 4.88. The first-order chi connectivity index (χ1) is 14.8. The summed E-state index contributed by atoms with van der Waals surface area (Å²) in [5, 5.41) is 0.481. The summed E-state index contributed by atoms with van der Waals surface area (Å²) in [5.41, 5.74) is 2.96. The van der Waals surface area contributed by atoms with E-state index in [0.29, 0.717) is 36.7 Å². The Morgan fingerprint density at radius 2 is 1.94 bits per heavy atom. The molecule has 1 spiro atoms. The molecule has 3 rings (SSSR count). The van der Waals surface area contributed by atoms with Crippen LogP contribution in [0.1, 0.15) is 36.5 Å². The fourth-order valence-electron chi connectivity index (χ4n) is 3.25. The van der Waals surface area contributed by atoms with Crippen LogP contribution in [0.3, 0.4) is 0 Å². The van der Waals surface area contributed by atoms with Crippen molar-refractivity contribution in [3.8, 4) is 17.2 Å². The highest BCUT2D eigenvalue weighted by Crippen LogP contribution is 2.51. The first kappa shape index (κ1) is 23.6. The average Bonchev–Trinajstić information content (AvgIpc) is 3.09. The average molecular weight is 480 g/mol. The monoisotopic (exact) mass is 479 g/mol. The van der Waals surface area contributed by atoms with Gasteiger partial charge in [-0.2, -0.15) is 8.78 Å². The number of hydrogen-bond acceptors (Lipinski definition) is 7. The third kappa shape index (κ3) is 5.41. The fraction of sp³-hybridized carbons (Fsp3) is 0.450. The van der Waals surface area contributed by atoms with Crippen molar-refractivity contribution in [3.63, 3.8) is 0 Å². The Morgan fingerprint density at radius 3 is 2.55 bits per heavy atom. The largest absolute Gasteiger partial charge is 0.447 e. The van der Waals surface area contributed by atoms with Gasteiger partial charge < -0.3 is 18.9 Å². The summed E-state index contributed by atoms with van der Waals surface area (Å²) in [6.07, 6.45) is 1.91. The van der Waals surface area contributed by atoms with Crippen LogP contribution in [-0.2, 0) is 9.57 Å². The zero-order valence-corrected chi connectivity index (χ0v) is 18.3. The zero-order valence-electron chi connectivity index (χ0n) is 16.8. The maximum atomic E-state index is 13.1. The van der Waals surface area contributed by atoms with Crippen molar-refractivity contribution in [2.45, 2.75) is 38.6 Å². The molecule has 1 aromatic rings. The van der Waals surface area contributed by atoms with Gasteiger partial charge in [0.25, 0.3) is 5.79 Å². The predicted molar refractivity (Wildman–Crippen MR) is 109 cm³/mol. The van der Waals surface area contributed by atoms with Gasteiger partial charge >= 0.3 is 6.61 Å². The van der Waals surface area contributed by atoms with Gasteiger partial charge in [0.2, 0.25) is 5.75 Å². The topological polar surface area (TPSA) is 75.3 Å². The van der Waals surface area contributed by atoms with Gasteiger partial charge in [-0.25, -0.2) is 0 Å². The number of hydroxylamine groups is 1. The molecule has 11 heteroatoms. The third-order valence-electron chi connectivity index (χ3n) is 4.77. The van der Waals surface area contributed by atoms with E-state index in [4.69, 9.17) is 42.3 Å². The highest BCUT2D eigenvalue weighted by atomic mass is 35.5. The van der Waals surface area contributed by atoms with Gasteiger partial charge in [0.15, 0.2) is 17.3 Å². The van der Waals surface area contributed by atoms with Crippen LogP contribution >= 0.6 is 23.2 Å². The summed E-state index contributed by atoms with van der Waals surface area (Å²) in [4.78, 5) is 17.8. The number of carbonyl (C=O) groups is 1. The van der Waals surface area contributed by atoms with Crippen LogP contribution in [0.4, 0.5) is 8.78 Å². The Hall–Kier alpha value is -2.07. The van der Waals surface area contributed by atoms with Crippen LogP contribution in [0.2, 0.25) is 0 Å². The van der Waals surface area contributed by atoms with Crippen LogP contribution in [0.25, 0.3) is 0 Å². The summed E-state index contributed by atoms with van der Waals surface area (Å²) >= 11 is 12.3. The second-order valence-corrected chi connectivity index (χ2v) is 7.78. The van der Waals surface area contributed by atoms with Gasteiger partial charge in [-0.1, -0.05) is 23.2 Å². The smallest absolute Gasteiger partial charge is 0.387 e. The highest BCUT2D eigenvalue weighted by molar-refractivity contribution is 6.35. The molecule has 0 bridgehead atoms. The number of hydrogen-bond donors (Lipinski definition) is 1. The Balaban J connectivity index is 1.94. The number of Topliss-reactive ketones (excluding diaryl/α,β-unsaturated/α-hetero) is 1. The molecule has 2 heterocycles. The lowest BCUT2D eigenvalue weighted by Gasteiger charge is -2.31. The van der Waals surface area contributed by atoms with E-state index in [0.717, 1.165) is 0 Å². The van der Waals surface area contributed by atoms with Gasteiger partial charge in [-0.15, -0.1) is 0 Å². The summed E-state index contributed by atoms with van der Waals surface area (Å²) in [7, 11) is 1.40. The van der Waals surface area contributed by atoms with Crippen molar-refractivity contribution < 1.29 is 37.4 Å². The molecule has 0 radical (unpaired) electrons. The van der Waals surface area contributed by atoms with Gasteiger partial charge in [0.1, 0.15) is 0 Å². The minimum Gasteiger partial charge on any atom is -0.447 e. The highest BCUT2D eigenvalue weighted by Gasteiger charge is 2.46. The van der Waals surface area contributed by atoms with E-state index in [1.54, 1.807) is 6.92 Å². The van der Waals surface area contributed by atoms with E-state index in [9.17, 15) is 13.6 Å². The molecule has 1 saturated heterocycles. The molecule has 0 aliphatic carbocycles. The fourth-order valence-corrected chi connectivity index (χ4v) is 3.72. The Morgan fingerprint density at radius 1 is 1.26 bits per heavy atom. The van der Waals surface area contributed by atoms with Crippen molar-refractivity contribution in [1.29, 1.82) is 0 Å². The molecule has 0 atom stereocenters. The molecule has 0 saturated carbocycles. The second-order valence-electron chi connectivity index (χ2n) is 6.80. The second kappa shape index (κ2) is 10.0. The third-order valence-corrected chi connectivity index (χ3v) is 5.33. The Bertz CT molecular complexity index is 896. The maximum Gasteiger partial charge on any atom is 0.387 e. The van der Waals surface area contributed by atoms with E-state index in [1.807, 2.05) is 0 Å². The summed E-state index contributed by atoms with van der Waals surface area (Å²) in [5.74, 6) is -1.70. The van der Waals surface area contributed by atoms with Gasteiger partial charge in [-0.3, -0.25) is 15.1 Å². The molecule has 1 aromatic carbocycles. The molecule has 1 N–H and O–H groups in total. The Kier molecular flexibility index (Phi) is 7.64. The van der Waals surface area contributed by atoms with E-state index >= 15 is 0 Å². The van der Waals surface area contributed by atoms with E-state index < -0.39 is 18.2 Å². The number of rotatable bonds is 8. The molecular formula is C20H21Cl2F2NO6. The van der Waals surface area contributed by atoms with Gasteiger partial charge in [0, 0.05) is 30.5 Å². The molecule has 0 amide bonds. The van der Waals surface area contributed by atoms with Gasteiger partial charge in [0.05, 0.1) is 30.9 Å². The first-order valence-corrected chi connectivity index (χ1v) is 10.1. The number of carbonyl (C=O) groups excluding carboxylic acids is 1. The van der Waals surface area contributed by atoms with Crippen LogP contribution in [0, 0.1) is 0 Å². The zero-order chi connectivity index (χ0) is 22.6. The molecule has 0 unspecified atom stereocenters. The number of halogens is 4. The number of allylic oxidation sites excluding steroid dienone is 3. The first-order valence-electron chi connectivity index (χ1n) is 9.37. The van der Waals surface area contributed by atoms with Crippen molar-refractivity contribution in [2.75, 3.05) is 20.3 Å². The number of ether oxygens (including phenoxy) is 4. The summed E-state index contributed by atoms with van der Waals surface area (Å²) in [6.45, 7) is -0.735. The quantitative estimate of drug-likeness (QED) is 0.323. The minimum absolute atomic E-state index is 0.0381. The van der Waals surface area contributed by atoms with Crippen molar-refractivity contribution in [3.05, 3.63) is 39.5 Å². The van der Waals surface area contributed by atoms with Crippen molar-refractivity contribution in [2.24, 2.45) is 0 Å². The molecule has 1 fully saturated rings.